The van der Waals surface area contributed by atoms with Crippen molar-refractivity contribution in [2.45, 2.75) is 19.5 Å². The number of halogens is 2. The highest BCUT2D eigenvalue weighted by atomic mass is 19.1. The van der Waals surface area contributed by atoms with E-state index in [4.69, 9.17) is 9.84 Å². The number of nitrogens with zero attached hydrogens (tertiary/aromatic N) is 4. The summed E-state index contributed by atoms with van der Waals surface area (Å²) in [7, 11) is 1.58. The van der Waals surface area contributed by atoms with Gasteiger partial charge >= 0.3 is 6.03 Å². The number of carbonyl (C=O) groups excluding carboxylic acids is 1. The molecule has 0 bridgehead atoms. The molecule has 0 spiro atoms. The van der Waals surface area contributed by atoms with E-state index in [1.54, 1.807) is 12.0 Å². The van der Waals surface area contributed by atoms with Crippen LogP contribution < -0.4 is 10.1 Å². The maximum atomic E-state index is 14.5. The Morgan fingerprint density at radius 1 is 1.00 bits per heavy atom. The van der Waals surface area contributed by atoms with Crippen molar-refractivity contribution in [1.82, 2.24) is 19.2 Å². The Morgan fingerprint density at radius 3 is 2.62 bits per heavy atom. The zero-order chi connectivity index (χ0) is 27.1. The molecule has 3 heterocycles. The lowest BCUT2D eigenvalue weighted by atomic mass is 10.0. The van der Waals surface area contributed by atoms with E-state index in [-0.39, 0.29) is 12.2 Å². The third-order valence-corrected chi connectivity index (χ3v) is 6.93. The van der Waals surface area contributed by atoms with Gasteiger partial charge in [-0.3, -0.25) is 0 Å². The highest BCUT2D eigenvalue weighted by Gasteiger charge is 2.36. The van der Waals surface area contributed by atoms with E-state index in [0.29, 0.717) is 5.75 Å². The molecule has 0 fully saturated rings. The Labute approximate surface area is 223 Å². The van der Waals surface area contributed by atoms with Crippen LogP contribution >= 0.6 is 0 Å². The maximum Gasteiger partial charge on any atom is 0.323 e. The molecule has 2 aromatic heterocycles. The Bertz CT molecular complexity index is 1680. The molecule has 0 saturated heterocycles. The van der Waals surface area contributed by atoms with Crippen molar-refractivity contribution < 1.29 is 18.3 Å². The van der Waals surface area contributed by atoms with Crippen molar-refractivity contribution in [3.05, 3.63) is 125 Å². The highest BCUT2D eigenvalue weighted by molar-refractivity contribution is 5.90. The molecular formula is C30H25F2N5O2. The van der Waals surface area contributed by atoms with Crippen LogP contribution in [0.15, 0.2) is 91.1 Å². The van der Waals surface area contributed by atoms with E-state index in [2.05, 4.69) is 5.32 Å². The molecule has 0 aliphatic carbocycles. The molecule has 1 aliphatic heterocycles. The fourth-order valence-corrected chi connectivity index (χ4v) is 5.09. The molecule has 0 saturated carbocycles. The van der Waals surface area contributed by atoms with Crippen LogP contribution in [0.3, 0.4) is 0 Å². The average molecular weight is 526 g/mol. The summed E-state index contributed by atoms with van der Waals surface area (Å²) >= 11 is 0. The molecule has 196 valence electrons. The molecular weight excluding hydrogens is 500 g/mol. The van der Waals surface area contributed by atoms with Gasteiger partial charge in [0.25, 0.3) is 0 Å². The smallest absolute Gasteiger partial charge is 0.323 e. The van der Waals surface area contributed by atoms with Gasteiger partial charge in [-0.15, -0.1) is 0 Å². The summed E-state index contributed by atoms with van der Waals surface area (Å²) in [5.41, 5.74) is 3.81. The quantitative estimate of drug-likeness (QED) is 0.296. The number of ether oxygens (including phenoxy) is 1. The molecule has 9 heteroatoms. The van der Waals surface area contributed by atoms with Crippen molar-refractivity contribution in [2.75, 3.05) is 12.4 Å². The number of fused-ring (bicyclic) bond motifs is 3. The number of anilines is 1. The molecule has 1 atom stereocenters. The van der Waals surface area contributed by atoms with Gasteiger partial charge < -0.3 is 19.5 Å². The van der Waals surface area contributed by atoms with Gasteiger partial charge in [-0.2, -0.15) is 5.10 Å². The third kappa shape index (κ3) is 4.31. The van der Waals surface area contributed by atoms with Crippen molar-refractivity contribution in [2.24, 2.45) is 0 Å². The van der Waals surface area contributed by atoms with Crippen LogP contribution in [0.1, 0.15) is 28.6 Å². The summed E-state index contributed by atoms with van der Waals surface area (Å²) < 4.78 is 37.9. The first-order valence-corrected chi connectivity index (χ1v) is 12.4. The Balaban J connectivity index is 1.55. The summed E-state index contributed by atoms with van der Waals surface area (Å²) in [5, 5.41) is 7.41. The number of urea groups is 1. The molecule has 39 heavy (non-hydrogen) atoms. The first kappa shape index (κ1) is 24.4. The van der Waals surface area contributed by atoms with Gasteiger partial charge in [-0.05, 0) is 61.0 Å². The van der Waals surface area contributed by atoms with Gasteiger partial charge in [0.15, 0.2) is 0 Å². The first-order valence-electron chi connectivity index (χ1n) is 12.4. The predicted molar refractivity (Wildman–Crippen MR) is 143 cm³/mol. The lowest BCUT2D eigenvalue weighted by Crippen LogP contribution is -2.38. The number of amides is 2. The SMILES string of the molecule is COc1cccc([C@H]2c3cccn3-c3c(c(C)nn3-c3ccccc3)CN2C(=O)Nc2cc(F)ccc2F)c1. The second-order valence-corrected chi connectivity index (χ2v) is 9.30. The molecule has 0 radical (unpaired) electrons. The predicted octanol–water partition coefficient (Wildman–Crippen LogP) is 6.40. The van der Waals surface area contributed by atoms with Crippen LogP contribution in [-0.2, 0) is 6.54 Å². The molecule has 7 nitrogen and oxygen atoms in total. The lowest BCUT2D eigenvalue weighted by Gasteiger charge is -2.31. The average Bonchev–Trinajstić information content (AvgIpc) is 3.51. The number of aryl methyl sites for hydroxylation is 1. The fraction of sp³-hybridized carbons (Fsp3) is 0.133. The van der Waals surface area contributed by atoms with Gasteiger partial charge in [0.05, 0.1) is 42.5 Å². The topological polar surface area (TPSA) is 64.3 Å². The third-order valence-electron chi connectivity index (χ3n) is 6.93. The van der Waals surface area contributed by atoms with Crippen LogP contribution in [0.4, 0.5) is 19.3 Å². The zero-order valence-corrected chi connectivity index (χ0v) is 21.3. The molecule has 2 amide bonds. The molecule has 5 aromatic rings. The van der Waals surface area contributed by atoms with E-state index in [9.17, 15) is 13.6 Å². The summed E-state index contributed by atoms with van der Waals surface area (Å²) in [6, 6.07) is 22.9. The zero-order valence-electron chi connectivity index (χ0n) is 21.3. The van der Waals surface area contributed by atoms with E-state index in [1.807, 2.05) is 89.1 Å². The van der Waals surface area contributed by atoms with E-state index in [0.717, 1.165) is 52.2 Å². The second-order valence-electron chi connectivity index (χ2n) is 9.30. The van der Waals surface area contributed by atoms with Crippen LogP contribution in [0, 0.1) is 18.6 Å². The van der Waals surface area contributed by atoms with E-state index >= 15 is 0 Å². The Morgan fingerprint density at radius 2 is 1.82 bits per heavy atom. The Hall–Kier alpha value is -4.92. The monoisotopic (exact) mass is 525 g/mol. The number of aromatic nitrogens is 3. The van der Waals surface area contributed by atoms with Crippen LogP contribution in [0.5, 0.6) is 5.75 Å². The van der Waals surface area contributed by atoms with E-state index in [1.165, 1.54) is 0 Å². The molecule has 1 N–H and O–H groups in total. The minimum atomic E-state index is -0.727. The van der Waals surface area contributed by atoms with Gasteiger partial charge in [-0.1, -0.05) is 30.3 Å². The van der Waals surface area contributed by atoms with Crippen molar-refractivity contribution in [3.8, 4) is 17.3 Å². The van der Waals surface area contributed by atoms with Gasteiger partial charge in [0.2, 0.25) is 0 Å². The maximum absolute atomic E-state index is 14.5. The minimum Gasteiger partial charge on any atom is -0.497 e. The number of methoxy groups -OCH3 is 1. The summed E-state index contributed by atoms with van der Waals surface area (Å²) in [6.07, 6.45) is 1.94. The summed E-state index contributed by atoms with van der Waals surface area (Å²) in [6.45, 7) is 2.07. The molecule has 0 unspecified atom stereocenters. The van der Waals surface area contributed by atoms with Gasteiger partial charge in [-0.25, -0.2) is 18.3 Å². The number of benzene rings is 3. The number of nitrogens with one attached hydrogen (secondary N) is 1. The first-order chi connectivity index (χ1) is 18.9. The van der Waals surface area contributed by atoms with Crippen molar-refractivity contribution >= 4 is 11.7 Å². The fourth-order valence-electron chi connectivity index (χ4n) is 5.09. The number of rotatable bonds is 4. The van der Waals surface area contributed by atoms with Gasteiger partial charge in [0.1, 0.15) is 23.2 Å². The number of carbonyl (C=O) groups is 1. The molecule has 1 aliphatic rings. The van der Waals surface area contributed by atoms with Crippen molar-refractivity contribution in [1.29, 1.82) is 0 Å². The lowest BCUT2D eigenvalue weighted by molar-refractivity contribution is 0.194. The summed E-state index contributed by atoms with van der Waals surface area (Å²) in [5.74, 6) is 0.0621. The number of hydrogen-bond acceptors (Lipinski definition) is 3. The molecule has 3 aromatic carbocycles. The van der Waals surface area contributed by atoms with E-state index < -0.39 is 23.7 Å². The van der Waals surface area contributed by atoms with Crippen LogP contribution in [-0.4, -0.2) is 32.4 Å². The van der Waals surface area contributed by atoms with Crippen molar-refractivity contribution in [3.63, 3.8) is 0 Å². The second kappa shape index (κ2) is 9.75. The number of para-hydroxylation sites is 1. The van der Waals surface area contributed by atoms with Crippen LogP contribution in [0.2, 0.25) is 0 Å². The number of hydrogen-bond donors (Lipinski definition) is 1. The normalized spacial score (nSPS) is 14.4. The standard InChI is InChI=1S/C30H25F2N5O2/c1-19-24-18-36(30(38)33-26-17-21(31)13-14-25(26)32)28(20-8-6-11-23(16-20)39-2)27-12-7-15-35(27)29(24)37(34-19)22-9-4-3-5-10-22/h3-17,28H,18H2,1-2H3,(H,33,38)/t28-/m0/s1. The van der Waals surface area contributed by atoms with Crippen LogP contribution in [0.25, 0.3) is 11.5 Å². The van der Waals surface area contributed by atoms with Gasteiger partial charge in [0, 0.05) is 17.8 Å². The summed E-state index contributed by atoms with van der Waals surface area (Å²) in [4.78, 5) is 15.5. The minimum absolute atomic E-state index is 0.167. The Kier molecular flexibility index (Phi) is 6.11. The largest absolute Gasteiger partial charge is 0.497 e. The molecule has 6 rings (SSSR count). The highest BCUT2D eigenvalue weighted by Crippen LogP contribution is 2.39.